The van der Waals surface area contributed by atoms with Crippen LogP contribution in [0.25, 0.3) is 0 Å². The number of thioether (sulfide) groups is 1. The topological polar surface area (TPSA) is 53.9 Å². The molecular weight excluding hydrogens is 262 g/mol. The molecule has 0 radical (unpaired) electrons. The first-order valence-electron chi connectivity index (χ1n) is 6.73. The van der Waals surface area contributed by atoms with Gasteiger partial charge >= 0.3 is 0 Å². The zero-order valence-corrected chi connectivity index (χ0v) is 12.3. The molecule has 0 aromatic heterocycles. The first-order valence-corrected chi connectivity index (χ1v) is 7.61. The molecule has 1 N–H and O–H groups in total. The van der Waals surface area contributed by atoms with Crippen molar-refractivity contribution >= 4 is 22.8 Å². The van der Waals surface area contributed by atoms with Crippen LogP contribution in [0.15, 0.2) is 16.1 Å². The van der Waals surface area contributed by atoms with Gasteiger partial charge in [-0.05, 0) is 25.7 Å². The van der Waals surface area contributed by atoms with Gasteiger partial charge in [-0.15, -0.1) is 0 Å². The Morgan fingerprint density at radius 1 is 1.63 bits per heavy atom. The normalized spacial score (nSPS) is 17.5. The molecule has 0 fully saturated rings. The van der Waals surface area contributed by atoms with E-state index in [9.17, 15) is 4.79 Å². The van der Waals surface area contributed by atoms with Gasteiger partial charge in [0.2, 0.25) is 5.91 Å². The molecule has 2 aliphatic rings. The number of fused-ring (bicyclic) bond motifs is 1. The second-order valence-electron chi connectivity index (χ2n) is 4.84. The van der Waals surface area contributed by atoms with Crippen molar-refractivity contribution in [3.63, 3.8) is 0 Å². The van der Waals surface area contributed by atoms with Crippen LogP contribution in [0.3, 0.4) is 0 Å². The summed E-state index contributed by atoms with van der Waals surface area (Å²) in [6.07, 6.45) is 1.55. The predicted octanol–water partition coefficient (Wildman–Crippen LogP) is 1.57. The van der Waals surface area contributed by atoms with Crippen molar-refractivity contribution in [2.75, 3.05) is 26.2 Å². The van der Waals surface area contributed by atoms with Gasteiger partial charge < -0.3 is 15.0 Å². The number of amides is 1. The first-order chi connectivity index (χ1) is 9.16. The van der Waals surface area contributed by atoms with Crippen molar-refractivity contribution in [1.82, 2.24) is 10.2 Å². The number of nitrogens with zero attached hydrogens (tertiary/aromatic N) is 2. The fraction of sp³-hybridized carbons (Fsp3) is 0.692. The maximum atomic E-state index is 11.8. The van der Waals surface area contributed by atoms with E-state index in [0.717, 1.165) is 30.4 Å². The molecule has 0 aromatic carbocycles. The second kappa shape index (κ2) is 6.96. The summed E-state index contributed by atoms with van der Waals surface area (Å²) >= 11 is 1.61. The third-order valence-electron chi connectivity index (χ3n) is 2.88. The van der Waals surface area contributed by atoms with E-state index in [0.29, 0.717) is 19.6 Å². The van der Waals surface area contributed by atoms with Gasteiger partial charge in [0.25, 0.3) is 0 Å². The van der Waals surface area contributed by atoms with E-state index < -0.39 is 0 Å². The Kier molecular flexibility index (Phi) is 5.27. The van der Waals surface area contributed by atoms with E-state index in [4.69, 9.17) is 4.74 Å². The molecule has 2 heterocycles. The molecule has 0 spiro atoms. The molecule has 5 nitrogen and oxygen atoms in total. The van der Waals surface area contributed by atoms with Gasteiger partial charge in [0.15, 0.2) is 5.17 Å². The number of hydrogen-bond acceptors (Lipinski definition) is 5. The van der Waals surface area contributed by atoms with Gasteiger partial charge in [-0.25, -0.2) is 0 Å². The van der Waals surface area contributed by atoms with Crippen molar-refractivity contribution in [1.29, 1.82) is 0 Å². The molecule has 6 heteroatoms. The Morgan fingerprint density at radius 3 is 3.26 bits per heavy atom. The summed E-state index contributed by atoms with van der Waals surface area (Å²) in [5.41, 5.74) is 1.07. The molecule has 0 atom stereocenters. The quantitative estimate of drug-likeness (QED) is 0.721. The molecule has 0 unspecified atom stereocenters. The maximum absolute atomic E-state index is 11.8. The number of ether oxygens (including phenoxy) is 1. The number of hydrogen-bond donors (Lipinski definition) is 1. The molecule has 2 rings (SSSR count). The lowest BCUT2D eigenvalue weighted by Gasteiger charge is -2.16. The Labute approximate surface area is 118 Å². The van der Waals surface area contributed by atoms with Crippen molar-refractivity contribution in [2.45, 2.75) is 32.8 Å². The Morgan fingerprint density at radius 2 is 2.47 bits per heavy atom. The lowest BCUT2D eigenvalue weighted by atomic mass is 10.3. The zero-order valence-electron chi connectivity index (χ0n) is 11.5. The lowest BCUT2D eigenvalue weighted by molar-refractivity contribution is -0.120. The number of carbonyl (C=O) groups is 1. The number of aliphatic imine (C=N–C) groups is 1. The van der Waals surface area contributed by atoms with Crippen LogP contribution in [0, 0.1) is 0 Å². The van der Waals surface area contributed by atoms with Crippen LogP contribution in [0.4, 0.5) is 0 Å². The van der Waals surface area contributed by atoms with Crippen LogP contribution < -0.4 is 5.32 Å². The van der Waals surface area contributed by atoms with Crippen LogP contribution in [-0.4, -0.2) is 48.3 Å². The van der Waals surface area contributed by atoms with Gasteiger partial charge in [-0.1, -0.05) is 11.8 Å². The molecular formula is C13H21N3O2S. The van der Waals surface area contributed by atoms with Gasteiger partial charge in [0, 0.05) is 25.4 Å². The highest BCUT2D eigenvalue weighted by molar-refractivity contribution is 8.16. The summed E-state index contributed by atoms with van der Waals surface area (Å²) in [6.45, 7) is 7.14. The highest BCUT2D eigenvalue weighted by atomic mass is 32.2. The smallest absolute Gasteiger partial charge is 0.225 e. The Balaban J connectivity index is 1.61. The van der Waals surface area contributed by atoms with E-state index in [1.165, 1.54) is 0 Å². The zero-order chi connectivity index (χ0) is 13.7. The van der Waals surface area contributed by atoms with E-state index in [2.05, 4.69) is 15.2 Å². The fourth-order valence-electron chi connectivity index (χ4n) is 1.96. The summed E-state index contributed by atoms with van der Waals surface area (Å²) < 4.78 is 5.42. The molecule has 1 amide bonds. The summed E-state index contributed by atoms with van der Waals surface area (Å²) in [6, 6.07) is 0. The first kappa shape index (κ1) is 14.4. The van der Waals surface area contributed by atoms with Gasteiger partial charge in [0.05, 0.1) is 19.1 Å². The largest absolute Gasteiger partial charge is 0.379 e. The van der Waals surface area contributed by atoms with Crippen molar-refractivity contribution in [2.24, 2.45) is 4.99 Å². The molecule has 0 aliphatic carbocycles. The highest BCUT2D eigenvalue weighted by Crippen LogP contribution is 2.30. The molecule has 0 saturated heterocycles. The minimum atomic E-state index is 0.0737. The number of rotatable bonds is 7. The average Bonchev–Trinajstić information content (AvgIpc) is 2.93. The summed E-state index contributed by atoms with van der Waals surface area (Å²) in [5.74, 6) is 0.0737. The fourth-order valence-corrected chi connectivity index (χ4v) is 2.92. The Bertz CT molecular complexity index is 393. The monoisotopic (exact) mass is 283 g/mol. The van der Waals surface area contributed by atoms with Crippen LogP contribution in [-0.2, 0) is 9.53 Å². The van der Waals surface area contributed by atoms with Gasteiger partial charge in [-0.3, -0.25) is 9.79 Å². The predicted molar refractivity (Wildman–Crippen MR) is 78.0 cm³/mol. The summed E-state index contributed by atoms with van der Waals surface area (Å²) in [4.78, 5) is 18.3. The van der Waals surface area contributed by atoms with Gasteiger partial charge in [-0.2, -0.15) is 0 Å². The SMILES string of the molecule is CC(C)OCCCNC(=O)CC1=CSC2=NCCN12. The van der Waals surface area contributed by atoms with Crippen molar-refractivity contribution in [3.05, 3.63) is 11.1 Å². The average molecular weight is 283 g/mol. The number of carbonyl (C=O) groups excluding carboxylic acids is 1. The molecule has 19 heavy (non-hydrogen) atoms. The van der Waals surface area contributed by atoms with Crippen molar-refractivity contribution in [3.8, 4) is 0 Å². The molecule has 2 aliphatic heterocycles. The number of nitrogens with one attached hydrogen (secondary N) is 1. The van der Waals surface area contributed by atoms with E-state index in [1.807, 2.05) is 19.3 Å². The summed E-state index contributed by atoms with van der Waals surface area (Å²) in [7, 11) is 0. The van der Waals surface area contributed by atoms with Crippen LogP contribution in [0.2, 0.25) is 0 Å². The molecule has 106 valence electrons. The molecule has 0 bridgehead atoms. The van der Waals surface area contributed by atoms with Crippen LogP contribution in [0.1, 0.15) is 26.7 Å². The number of amidine groups is 1. The van der Waals surface area contributed by atoms with E-state index in [1.54, 1.807) is 11.8 Å². The van der Waals surface area contributed by atoms with Crippen LogP contribution in [0.5, 0.6) is 0 Å². The lowest BCUT2D eigenvalue weighted by Crippen LogP contribution is -2.29. The van der Waals surface area contributed by atoms with E-state index in [-0.39, 0.29) is 12.0 Å². The minimum absolute atomic E-state index is 0.0737. The minimum Gasteiger partial charge on any atom is -0.379 e. The third-order valence-corrected chi connectivity index (χ3v) is 3.84. The Hall–Kier alpha value is -1.01. The molecule has 0 saturated carbocycles. The third kappa shape index (κ3) is 4.24. The standard InChI is InChI=1S/C13H21N3O2S/c1-10(2)18-7-3-4-14-12(17)8-11-9-19-13-15-5-6-16(11)13/h9-10H,3-8H2,1-2H3,(H,14,17). The summed E-state index contributed by atoms with van der Waals surface area (Å²) in [5, 5.41) is 5.99. The maximum Gasteiger partial charge on any atom is 0.225 e. The van der Waals surface area contributed by atoms with Gasteiger partial charge in [0.1, 0.15) is 0 Å². The molecule has 0 aromatic rings. The highest BCUT2D eigenvalue weighted by Gasteiger charge is 2.27. The second-order valence-corrected chi connectivity index (χ2v) is 5.68. The van der Waals surface area contributed by atoms with Crippen LogP contribution >= 0.6 is 11.8 Å². The van der Waals surface area contributed by atoms with E-state index >= 15 is 0 Å². The van der Waals surface area contributed by atoms with Crippen molar-refractivity contribution < 1.29 is 9.53 Å².